The highest BCUT2D eigenvalue weighted by Crippen LogP contribution is 2.25. The highest BCUT2D eigenvalue weighted by Gasteiger charge is 2.25. The van der Waals surface area contributed by atoms with E-state index in [1.807, 2.05) is 50.2 Å². The van der Waals surface area contributed by atoms with Gasteiger partial charge in [-0.05, 0) is 69.6 Å². The highest BCUT2D eigenvalue weighted by molar-refractivity contribution is 5.77. The van der Waals surface area contributed by atoms with Gasteiger partial charge in [-0.25, -0.2) is 0 Å². The predicted octanol–water partition coefficient (Wildman–Crippen LogP) is 3.62. The number of furan rings is 1. The first kappa shape index (κ1) is 18.5. The molecule has 26 heavy (non-hydrogen) atoms. The van der Waals surface area contributed by atoms with Gasteiger partial charge in [0.2, 0.25) is 0 Å². The summed E-state index contributed by atoms with van der Waals surface area (Å²) in [5.41, 5.74) is 1.11. The summed E-state index contributed by atoms with van der Waals surface area (Å²) in [6.45, 7) is 6.59. The van der Waals surface area contributed by atoms with Crippen molar-refractivity contribution in [3.63, 3.8) is 0 Å². The molecule has 5 heteroatoms. The Hall–Kier alpha value is -2.27. The number of nitrogens with one attached hydrogen (secondary N) is 1. The third kappa shape index (κ3) is 5.11. The Bertz CT molecular complexity index is 720. The molecule has 1 aliphatic rings. The smallest absolute Gasteiger partial charge is 0.258 e. The summed E-state index contributed by atoms with van der Waals surface area (Å²) in [6.07, 6.45) is 3.66. The molecule has 0 saturated carbocycles. The molecule has 1 aromatic carbocycles. The molecule has 0 unspecified atom stereocenters. The molecular weight excluding hydrogens is 328 g/mol. The minimum atomic E-state index is -0.114. The Morgan fingerprint density at radius 1 is 1.19 bits per heavy atom. The number of rotatable bonds is 7. The number of amides is 1. The molecule has 1 aliphatic heterocycles. The first-order chi connectivity index (χ1) is 12.6. The first-order valence-electron chi connectivity index (χ1n) is 9.38. The molecule has 1 saturated heterocycles. The quantitative estimate of drug-likeness (QED) is 0.823. The van der Waals surface area contributed by atoms with Crippen molar-refractivity contribution in [2.45, 2.75) is 39.2 Å². The first-order valence-corrected chi connectivity index (χ1v) is 9.38. The van der Waals surface area contributed by atoms with E-state index >= 15 is 0 Å². The van der Waals surface area contributed by atoms with E-state index in [1.165, 1.54) is 19.3 Å². The van der Waals surface area contributed by atoms with Crippen molar-refractivity contribution >= 4 is 5.91 Å². The standard InChI is InChI=1S/C21H28N2O3/c1-16-7-6-8-18(13-16)25-15-21(24)22-14-19(20-10-9-17(2)26-20)23-11-4-3-5-12-23/h6-10,13,19H,3-5,11-12,14-15H2,1-2H3,(H,22,24)/t19-/m0/s1. The second kappa shape index (κ2) is 8.90. The Morgan fingerprint density at radius 3 is 2.69 bits per heavy atom. The number of hydrogen-bond donors (Lipinski definition) is 1. The van der Waals surface area contributed by atoms with Crippen molar-refractivity contribution < 1.29 is 13.9 Å². The van der Waals surface area contributed by atoms with Crippen LogP contribution in [0.1, 0.15) is 42.4 Å². The van der Waals surface area contributed by atoms with E-state index in [9.17, 15) is 4.79 Å². The van der Waals surface area contributed by atoms with Gasteiger partial charge in [0.25, 0.3) is 5.91 Å². The highest BCUT2D eigenvalue weighted by atomic mass is 16.5. The third-order valence-electron chi connectivity index (χ3n) is 4.77. The van der Waals surface area contributed by atoms with Crippen molar-refractivity contribution in [3.05, 3.63) is 53.5 Å². The molecule has 0 aliphatic carbocycles. The van der Waals surface area contributed by atoms with E-state index in [0.717, 1.165) is 35.9 Å². The lowest BCUT2D eigenvalue weighted by Gasteiger charge is -2.33. The summed E-state index contributed by atoms with van der Waals surface area (Å²) in [5, 5.41) is 3.01. The van der Waals surface area contributed by atoms with Crippen LogP contribution in [0.5, 0.6) is 5.75 Å². The van der Waals surface area contributed by atoms with Gasteiger partial charge in [0, 0.05) is 6.54 Å². The van der Waals surface area contributed by atoms with Crippen LogP contribution >= 0.6 is 0 Å². The van der Waals surface area contributed by atoms with E-state index in [2.05, 4.69) is 10.2 Å². The minimum absolute atomic E-state index is 0.0212. The second-order valence-corrected chi connectivity index (χ2v) is 6.97. The molecule has 1 aromatic heterocycles. The van der Waals surface area contributed by atoms with Crippen molar-refractivity contribution in [1.29, 1.82) is 0 Å². The van der Waals surface area contributed by atoms with Gasteiger partial charge in [-0.15, -0.1) is 0 Å². The Morgan fingerprint density at radius 2 is 2.00 bits per heavy atom. The summed E-state index contributed by atoms with van der Waals surface area (Å²) < 4.78 is 11.4. The Balaban J connectivity index is 1.55. The van der Waals surface area contributed by atoms with Gasteiger partial charge in [0.1, 0.15) is 17.3 Å². The third-order valence-corrected chi connectivity index (χ3v) is 4.77. The molecule has 2 aromatic rings. The lowest BCUT2D eigenvalue weighted by molar-refractivity contribution is -0.123. The summed E-state index contributed by atoms with van der Waals surface area (Å²) in [7, 11) is 0. The largest absolute Gasteiger partial charge is 0.484 e. The van der Waals surface area contributed by atoms with Crippen LogP contribution in [0.4, 0.5) is 0 Å². The van der Waals surface area contributed by atoms with Gasteiger partial charge in [0.15, 0.2) is 6.61 Å². The maximum atomic E-state index is 12.2. The van der Waals surface area contributed by atoms with Crippen molar-refractivity contribution in [2.24, 2.45) is 0 Å². The molecule has 140 valence electrons. The van der Waals surface area contributed by atoms with Crippen LogP contribution in [0, 0.1) is 13.8 Å². The molecule has 0 radical (unpaired) electrons. The van der Waals surface area contributed by atoms with Crippen LogP contribution < -0.4 is 10.1 Å². The predicted molar refractivity (Wildman–Crippen MR) is 101 cm³/mol. The number of carbonyl (C=O) groups excluding carboxylic acids is 1. The molecule has 1 amide bonds. The van der Waals surface area contributed by atoms with Crippen LogP contribution in [-0.2, 0) is 4.79 Å². The topological polar surface area (TPSA) is 54.7 Å². The van der Waals surface area contributed by atoms with Crippen LogP contribution in [-0.4, -0.2) is 37.0 Å². The Labute approximate surface area is 155 Å². The number of hydrogen-bond acceptors (Lipinski definition) is 4. The molecule has 1 atom stereocenters. The van der Waals surface area contributed by atoms with Gasteiger partial charge in [-0.3, -0.25) is 9.69 Å². The summed E-state index contributed by atoms with van der Waals surface area (Å²) in [6, 6.07) is 11.8. The average molecular weight is 356 g/mol. The van der Waals surface area contributed by atoms with Gasteiger partial charge >= 0.3 is 0 Å². The number of carbonyl (C=O) groups is 1. The summed E-state index contributed by atoms with van der Waals surface area (Å²) >= 11 is 0. The summed E-state index contributed by atoms with van der Waals surface area (Å²) in [4.78, 5) is 14.6. The molecule has 5 nitrogen and oxygen atoms in total. The van der Waals surface area contributed by atoms with E-state index in [-0.39, 0.29) is 18.6 Å². The zero-order chi connectivity index (χ0) is 18.4. The maximum Gasteiger partial charge on any atom is 0.258 e. The molecule has 3 rings (SSSR count). The SMILES string of the molecule is Cc1cccc(OCC(=O)NC[C@@H](c2ccc(C)o2)N2CCCCC2)c1. The fourth-order valence-corrected chi connectivity index (χ4v) is 3.39. The molecule has 2 heterocycles. The monoisotopic (exact) mass is 356 g/mol. The van der Waals surface area contributed by atoms with Crippen molar-refractivity contribution in [1.82, 2.24) is 10.2 Å². The number of nitrogens with zero attached hydrogens (tertiary/aromatic N) is 1. The van der Waals surface area contributed by atoms with Gasteiger partial charge in [-0.1, -0.05) is 18.6 Å². The number of likely N-dealkylation sites (tertiary alicyclic amines) is 1. The Kier molecular flexibility index (Phi) is 6.34. The normalized spacial score (nSPS) is 16.2. The van der Waals surface area contributed by atoms with Crippen LogP contribution in [0.2, 0.25) is 0 Å². The van der Waals surface area contributed by atoms with Crippen LogP contribution in [0.3, 0.4) is 0 Å². The number of piperidine rings is 1. The summed E-state index contributed by atoms with van der Waals surface area (Å²) in [5.74, 6) is 2.42. The number of benzene rings is 1. The number of ether oxygens (including phenoxy) is 1. The molecular formula is C21H28N2O3. The molecule has 0 bridgehead atoms. The van der Waals surface area contributed by atoms with Gasteiger partial charge < -0.3 is 14.5 Å². The van der Waals surface area contributed by atoms with E-state index in [0.29, 0.717) is 6.54 Å². The zero-order valence-electron chi connectivity index (χ0n) is 15.7. The maximum absolute atomic E-state index is 12.2. The lowest BCUT2D eigenvalue weighted by Crippen LogP contribution is -2.41. The number of aryl methyl sites for hydroxylation is 2. The minimum Gasteiger partial charge on any atom is -0.484 e. The van der Waals surface area contributed by atoms with Crippen molar-refractivity contribution in [2.75, 3.05) is 26.2 Å². The van der Waals surface area contributed by atoms with E-state index in [4.69, 9.17) is 9.15 Å². The lowest BCUT2D eigenvalue weighted by atomic mass is 10.1. The van der Waals surface area contributed by atoms with Crippen LogP contribution in [0.15, 0.2) is 40.8 Å². The molecule has 1 N–H and O–H groups in total. The van der Waals surface area contributed by atoms with E-state index in [1.54, 1.807) is 0 Å². The fourth-order valence-electron chi connectivity index (χ4n) is 3.39. The van der Waals surface area contributed by atoms with Crippen molar-refractivity contribution in [3.8, 4) is 5.75 Å². The zero-order valence-corrected chi connectivity index (χ0v) is 15.7. The van der Waals surface area contributed by atoms with E-state index < -0.39 is 0 Å². The second-order valence-electron chi connectivity index (χ2n) is 6.97. The fraction of sp³-hybridized carbons (Fsp3) is 0.476. The molecule has 0 spiro atoms. The van der Waals surface area contributed by atoms with Crippen LogP contribution in [0.25, 0.3) is 0 Å². The average Bonchev–Trinajstić information content (AvgIpc) is 3.07. The van der Waals surface area contributed by atoms with Gasteiger partial charge in [-0.2, -0.15) is 0 Å². The van der Waals surface area contributed by atoms with Gasteiger partial charge in [0.05, 0.1) is 6.04 Å². The molecule has 1 fully saturated rings.